The summed E-state index contributed by atoms with van der Waals surface area (Å²) in [7, 11) is 0. The van der Waals surface area contributed by atoms with Crippen LogP contribution in [0.3, 0.4) is 0 Å². The van der Waals surface area contributed by atoms with Crippen molar-refractivity contribution in [3.05, 3.63) is 103 Å². The van der Waals surface area contributed by atoms with Crippen LogP contribution < -0.4 is 9.47 Å². The lowest BCUT2D eigenvalue weighted by atomic mass is 10.1. The third-order valence-corrected chi connectivity index (χ3v) is 6.82. The number of ether oxygens (including phenoxy) is 2. The number of carbonyl (C=O) groups excluding carboxylic acids is 2. The molecule has 0 bridgehead atoms. The summed E-state index contributed by atoms with van der Waals surface area (Å²) in [5, 5.41) is 10.4. The lowest BCUT2D eigenvalue weighted by Gasteiger charge is -2.15. The Bertz CT molecular complexity index is 1400. The zero-order chi connectivity index (χ0) is 26.5. The van der Waals surface area contributed by atoms with Gasteiger partial charge in [-0.25, -0.2) is 4.39 Å². The smallest absolute Gasteiger partial charge is 0.293 e. The molecule has 37 heavy (non-hydrogen) atoms. The minimum absolute atomic E-state index is 0.0115. The van der Waals surface area contributed by atoms with Crippen LogP contribution in [-0.2, 0) is 17.9 Å². The molecule has 0 atom stereocenters. The van der Waals surface area contributed by atoms with Crippen molar-refractivity contribution >= 4 is 50.6 Å². The second-order valence-electron chi connectivity index (χ2n) is 7.83. The molecule has 0 aromatic heterocycles. The summed E-state index contributed by atoms with van der Waals surface area (Å²) in [5.41, 5.74) is 1.56. The van der Waals surface area contributed by atoms with Gasteiger partial charge in [-0.1, -0.05) is 18.2 Å². The first-order valence-corrected chi connectivity index (χ1v) is 12.7. The highest BCUT2D eigenvalue weighted by atomic mass is 79.9. The number of nitrogens with zero attached hydrogens (tertiary/aromatic N) is 2. The molecule has 8 nitrogen and oxygen atoms in total. The van der Waals surface area contributed by atoms with Gasteiger partial charge in [0.15, 0.2) is 11.5 Å². The van der Waals surface area contributed by atoms with Crippen molar-refractivity contribution in [2.45, 2.75) is 20.1 Å². The predicted octanol–water partition coefficient (Wildman–Crippen LogP) is 6.71. The van der Waals surface area contributed by atoms with Gasteiger partial charge in [-0.2, -0.15) is 0 Å². The van der Waals surface area contributed by atoms with Gasteiger partial charge >= 0.3 is 0 Å². The zero-order valence-electron chi connectivity index (χ0n) is 19.5. The average molecular weight is 587 g/mol. The second kappa shape index (κ2) is 11.6. The van der Waals surface area contributed by atoms with Gasteiger partial charge in [0.1, 0.15) is 12.4 Å². The number of amides is 2. The van der Waals surface area contributed by atoms with Crippen molar-refractivity contribution in [3.8, 4) is 11.5 Å². The number of thioether (sulfide) groups is 1. The number of halogens is 2. The Labute approximate surface area is 224 Å². The molecule has 3 aromatic carbocycles. The third-order valence-electron chi connectivity index (χ3n) is 5.32. The first-order chi connectivity index (χ1) is 17.8. The van der Waals surface area contributed by atoms with Gasteiger partial charge in [-0.05, 0) is 82.2 Å². The van der Waals surface area contributed by atoms with Crippen molar-refractivity contribution < 1.29 is 28.4 Å². The van der Waals surface area contributed by atoms with Crippen LogP contribution >= 0.6 is 27.7 Å². The van der Waals surface area contributed by atoms with Gasteiger partial charge < -0.3 is 9.47 Å². The number of benzene rings is 3. The molecule has 3 aromatic rings. The van der Waals surface area contributed by atoms with Crippen molar-refractivity contribution in [1.82, 2.24) is 4.90 Å². The lowest BCUT2D eigenvalue weighted by Crippen LogP contribution is -2.27. The molecule has 2 amide bonds. The van der Waals surface area contributed by atoms with Crippen molar-refractivity contribution in [2.75, 3.05) is 6.61 Å². The molecule has 0 spiro atoms. The fraction of sp³-hybridized carbons (Fsp3) is 0.154. The SMILES string of the molecule is CCOc1cc(/C=C2/SC(=O)N(Cc3ccccc3F)C2=O)cc(Br)c1OCc1ccc([N+](=O)[O-])cc1. The molecule has 1 saturated heterocycles. The number of hydrogen-bond donors (Lipinski definition) is 0. The van der Waals surface area contributed by atoms with E-state index in [4.69, 9.17) is 9.47 Å². The number of nitro benzene ring substituents is 1. The third kappa shape index (κ3) is 6.17. The van der Waals surface area contributed by atoms with Gasteiger partial charge in [0.2, 0.25) is 0 Å². The normalized spacial score (nSPS) is 14.4. The summed E-state index contributed by atoms with van der Waals surface area (Å²) in [4.78, 5) is 37.0. The van der Waals surface area contributed by atoms with Crippen molar-refractivity contribution in [2.24, 2.45) is 0 Å². The van der Waals surface area contributed by atoms with Crippen LogP contribution in [0, 0.1) is 15.9 Å². The molecule has 0 N–H and O–H groups in total. The lowest BCUT2D eigenvalue weighted by molar-refractivity contribution is -0.384. The van der Waals surface area contributed by atoms with E-state index in [-0.39, 0.29) is 29.3 Å². The van der Waals surface area contributed by atoms with Gasteiger partial charge in [0.25, 0.3) is 16.8 Å². The molecule has 1 fully saturated rings. The summed E-state index contributed by atoms with van der Waals surface area (Å²) >= 11 is 4.26. The Morgan fingerprint density at radius 2 is 1.84 bits per heavy atom. The van der Waals surface area contributed by atoms with Crippen LogP contribution in [0.2, 0.25) is 0 Å². The van der Waals surface area contributed by atoms with E-state index in [9.17, 15) is 24.1 Å². The molecule has 4 rings (SSSR count). The number of rotatable bonds is 9. The number of carbonyl (C=O) groups is 2. The summed E-state index contributed by atoms with van der Waals surface area (Å²) in [6.07, 6.45) is 1.57. The fourth-order valence-electron chi connectivity index (χ4n) is 3.53. The second-order valence-corrected chi connectivity index (χ2v) is 9.68. The monoisotopic (exact) mass is 586 g/mol. The van der Waals surface area contributed by atoms with Gasteiger partial charge in [0, 0.05) is 17.7 Å². The predicted molar refractivity (Wildman–Crippen MR) is 141 cm³/mol. The summed E-state index contributed by atoms with van der Waals surface area (Å²) in [6, 6.07) is 15.4. The molecule has 0 aliphatic carbocycles. The molecule has 190 valence electrons. The molecule has 0 radical (unpaired) electrons. The summed E-state index contributed by atoms with van der Waals surface area (Å²) < 4.78 is 26.3. The Morgan fingerprint density at radius 3 is 2.51 bits per heavy atom. The first-order valence-electron chi connectivity index (χ1n) is 11.1. The number of non-ortho nitro benzene ring substituents is 1. The van der Waals surface area contributed by atoms with E-state index in [2.05, 4.69) is 15.9 Å². The maximum Gasteiger partial charge on any atom is 0.293 e. The Balaban J connectivity index is 1.54. The molecule has 11 heteroatoms. The minimum atomic E-state index is -0.508. The standard InChI is InChI=1S/C26H20BrFN2O6S/c1-2-35-22-12-17(11-20(27)24(22)36-15-16-7-9-19(10-8-16)30(33)34)13-23-25(31)29(26(32)37-23)14-18-5-3-4-6-21(18)28/h3-13H,2,14-15H2,1H3/b23-13+. The molecule has 1 aliphatic heterocycles. The quantitative estimate of drug-likeness (QED) is 0.156. The van der Waals surface area contributed by atoms with E-state index in [1.54, 1.807) is 42.5 Å². The number of hydrogen-bond acceptors (Lipinski definition) is 7. The maximum atomic E-state index is 14.0. The van der Waals surface area contributed by atoms with Crippen molar-refractivity contribution in [1.29, 1.82) is 0 Å². The largest absolute Gasteiger partial charge is 0.490 e. The molecular formula is C26H20BrFN2O6S. The van der Waals surface area contributed by atoms with Crippen molar-refractivity contribution in [3.63, 3.8) is 0 Å². The highest BCUT2D eigenvalue weighted by Gasteiger charge is 2.35. The molecule has 1 aliphatic rings. The highest BCUT2D eigenvalue weighted by Crippen LogP contribution is 2.40. The van der Waals surface area contributed by atoms with E-state index < -0.39 is 21.9 Å². The number of imide groups is 1. The highest BCUT2D eigenvalue weighted by molar-refractivity contribution is 9.10. The van der Waals surface area contributed by atoms with Crippen LogP contribution in [0.1, 0.15) is 23.6 Å². The fourth-order valence-corrected chi connectivity index (χ4v) is 4.94. The van der Waals surface area contributed by atoms with Crippen LogP contribution in [0.25, 0.3) is 6.08 Å². The average Bonchev–Trinajstić information content (AvgIpc) is 3.12. The Kier molecular flexibility index (Phi) is 8.24. The van der Waals surface area contributed by atoms with Crippen LogP contribution in [0.4, 0.5) is 14.9 Å². The van der Waals surface area contributed by atoms with Gasteiger partial charge in [-0.15, -0.1) is 0 Å². The molecule has 0 saturated carbocycles. The summed E-state index contributed by atoms with van der Waals surface area (Å²) in [6.45, 7) is 2.15. The molecule has 0 unspecified atom stereocenters. The van der Waals surface area contributed by atoms with E-state index in [1.165, 1.54) is 24.3 Å². The van der Waals surface area contributed by atoms with Gasteiger partial charge in [0.05, 0.1) is 27.5 Å². The van der Waals surface area contributed by atoms with Crippen LogP contribution in [-0.4, -0.2) is 27.6 Å². The first kappa shape index (κ1) is 26.4. The van der Waals surface area contributed by atoms with E-state index in [0.717, 1.165) is 22.2 Å². The molecular weight excluding hydrogens is 567 g/mol. The van der Waals surface area contributed by atoms with Gasteiger partial charge in [-0.3, -0.25) is 24.6 Å². The zero-order valence-corrected chi connectivity index (χ0v) is 21.9. The maximum absolute atomic E-state index is 14.0. The number of nitro groups is 1. The van der Waals surface area contributed by atoms with E-state index in [1.807, 2.05) is 6.92 Å². The Morgan fingerprint density at radius 1 is 1.11 bits per heavy atom. The summed E-state index contributed by atoms with van der Waals surface area (Å²) in [5.74, 6) is -0.161. The van der Waals surface area contributed by atoms with E-state index in [0.29, 0.717) is 28.1 Å². The van der Waals surface area contributed by atoms with Crippen LogP contribution in [0.15, 0.2) is 70.0 Å². The minimum Gasteiger partial charge on any atom is -0.490 e. The Hall–Kier alpha value is -3.70. The molecule has 1 heterocycles. The van der Waals surface area contributed by atoms with E-state index >= 15 is 0 Å². The van der Waals surface area contributed by atoms with Crippen LogP contribution in [0.5, 0.6) is 11.5 Å². The topological polar surface area (TPSA) is 99.0 Å².